The first-order valence-electron chi connectivity index (χ1n) is 6.45. The summed E-state index contributed by atoms with van der Waals surface area (Å²) in [5.74, 6) is 0.256. The SMILES string of the molecule is C[C@H](Oc1ccc(Cl)cc1)C(=O)N/N=C\c1ccccc1. The van der Waals surface area contributed by atoms with Gasteiger partial charge in [-0.2, -0.15) is 5.10 Å². The van der Waals surface area contributed by atoms with Crippen LogP contribution < -0.4 is 10.2 Å². The minimum Gasteiger partial charge on any atom is -0.481 e. The molecule has 0 bridgehead atoms. The van der Waals surface area contributed by atoms with Gasteiger partial charge in [0, 0.05) is 5.02 Å². The molecule has 0 saturated carbocycles. The summed E-state index contributed by atoms with van der Waals surface area (Å²) in [7, 11) is 0. The summed E-state index contributed by atoms with van der Waals surface area (Å²) < 4.78 is 5.49. The highest BCUT2D eigenvalue weighted by molar-refractivity contribution is 6.30. The number of ether oxygens (including phenoxy) is 1. The van der Waals surface area contributed by atoms with E-state index in [9.17, 15) is 4.79 Å². The molecule has 108 valence electrons. The van der Waals surface area contributed by atoms with Gasteiger partial charge in [0.25, 0.3) is 5.91 Å². The van der Waals surface area contributed by atoms with Gasteiger partial charge in [0.2, 0.25) is 0 Å². The fourth-order valence-corrected chi connectivity index (χ4v) is 1.70. The Balaban J connectivity index is 1.85. The molecule has 1 atom stereocenters. The minimum absolute atomic E-state index is 0.322. The van der Waals surface area contributed by atoms with E-state index in [1.54, 1.807) is 37.4 Å². The monoisotopic (exact) mass is 302 g/mol. The van der Waals surface area contributed by atoms with Crippen molar-refractivity contribution in [1.82, 2.24) is 5.43 Å². The molecule has 0 saturated heterocycles. The number of hydrogen-bond acceptors (Lipinski definition) is 3. The second-order valence-electron chi connectivity index (χ2n) is 4.36. The zero-order chi connectivity index (χ0) is 15.1. The molecule has 0 unspecified atom stereocenters. The molecule has 0 aliphatic carbocycles. The topological polar surface area (TPSA) is 50.7 Å². The first-order chi connectivity index (χ1) is 10.1. The van der Waals surface area contributed by atoms with Crippen LogP contribution in [0.4, 0.5) is 0 Å². The first kappa shape index (κ1) is 15.1. The Morgan fingerprint density at radius 1 is 1.19 bits per heavy atom. The van der Waals surface area contributed by atoms with Crippen LogP contribution in [0.1, 0.15) is 12.5 Å². The van der Waals surface area contributed by atoms with Crippen LogP contribution in [0.3, 0.4) is 0 Å². The van der Waals surface area contributed by atoms with Crippen LogP contribution >= 0.6 is 11.6 Å². The molecule has 0 radical (unpaired) electrons. The summed E-state index contributed by atoms with van der Waals surface area (Å²) >= 11 is 5.78. The third-order valence-corrected chi connectivity index (χ3v) is 2.94. The molecule has 0 aliphatic heterocycles. The van der Waals surface area contributed by atoms with Gasteiger partial charge in [0.15, 0.2) is 6.10 Å². The molecule has 2 aromatic rings. The van der Waals surface area contributed by atoms with Crippen molar-refractivity contribution >= 4 is 23.7 Å². The van der Waals surface area contributed by atoms with Crippen LogP contribution in [-0.4, -0.2) is 18.2 Å². The maximum atomic E-state index is 11.8. The zero-order valence-electron chi connectivity index (χ0n) is 11.5. The molecule has 2 rings (SSSR count). The predicted molar refractivity (Wildman–Crippen MR) is 83.7 cm³/mol. The van der Waals surface area contributed by atoms with E-state index in [0.29, 0.717) is 10.8 Å². The van der Waals surface area contributed by atoms with Gasteiger partial charge < -0.3 is 4.74 Å². The predicted octanol–water partition coefficient (Wildman–Crippen LogP) is 3.26. The smallest absolute Gasteiger partial charge is 0.280 e. The Morgan fingerprint density at radius 3 is 2.52 bits per heavy atom. The summed E-state index contributed by atoms with van der Waals surface area (Å²) in [5.41, 5.74) is 3.35. The number of hydrogen-bond donors (Lipinski definition) is 1. The Labute approximate surface area is 128 Å². The highest BCUT2D eigenvalue weighted by Crippen LogP contribution is 2.16. The molecule has 0 fully saturated rings. The van der Waals surface area contributed by atoms with Gasteiger partial charge in [-0.3, -0.25) is 4.79 Å². The highest BCUT2D eigenvalue weighted by Gasteiger charge is 2.13. The average Bonchev–Trinajstić information content (AvgIpc) is 2.50. The van der Waals surface area contributed by atoms with Crippen molar-refractivity contribution in [2.45, 2.75) is 13.0 Å². The lowest BCUT2D eigenvalue weighted by molar-refractivity contribution is -0.127. The van der Waals surface area contributed by atoms with Gasteiger partial charge in [0.1, 0.15) is 5.75 Å². The molecule has 0 spiro atoms. The second-order valence-corrected chi connectivity index (χ2v) is 4.80. The van der Waals surface area contributed by atoms with Crippen LogP contribution in [0, 0.1) is 0 Å². The molecule has 2 aromatic carbocycles. The molecular formula is C16H15ClN2O2. The lowest BCUT2D eigenvalue weighted by Crippen LogP contribution is -2.33. The number of carbonyl (C=O) groups is 1. The van der Waals surface area contributed by atoms with Crippen molar-refractivity contribution in [3.8, 4) is 5.75 Å². The zero-order valence-corrected chi connectivity index (χ0v) is 12.2. The molecule has 1 amide bonds. The number of nitrogens with one attached hydrogen (secondary N) is 1. The van der Waals surface area contributed by atoms with Gasteiger partial charge in [-0.25, -0.2) is 5.43 Å². The molecule has 1 N–H and O–H groups in total. The number of benzene rings is 2. The number of amides is 1. The van der Waals surface area contributed by atoms with Gasteiger partial charge in [-0.1, -0.05) is 41.9 Å². The number of halogens is 1. The maximum Gasteiger partial charge on any atom is 0.280 e. The van der Waals surface area contributed by atoms with E-state index in [4.69, 9.17) is 16.3 Å². The van der Waals surface area contributed by atoms with Crippen LogP contribution in [-0.2, 0) is 4.79 Å². The van der Waals surface area contributed by atoms with Gasteiger partial charge in [-0.15, -0.1) is 0 Å². The molecule has 5 heteroatoms. The third-order valence-electron chi connectivity index (χ3n) is 2.68. The van der Waals surface area contributed by atoms with Crippen LogP contribution in [0.2, 0.25) is 5.02 Å². The van der Waals surface area contributed by atoms with Gasteiger partial charge >= 0.3 is 0 Å². The summed E-state index contributed by atoms with van der Waals surface area (Å²) in [6.45, 7) is 1.65. The van der Waals surface area contributed by atoms with E-state index in [1.807, 2.05) is 30.3 Å². The number of rotatable bonds is 5. The van der Waals surface area contributed by atoms with Crippen LogP contribution in [0.5, 0.6) is 5.75 Å². The maximum absolute atomic E-state index is 11.8. The van der Waals surface area contributed by atoms with Gasteiger partial charge in [-0.05, 0) is 36.8 Å². The quantitative estimate of drug-likeness (QED) is 0.681. The van der Waals surface area contributed by atoms with E-state index in [0.717, 1.165) is 5.56 Å². The van der Waals surface area contributed by atoms with E-state index >= 15 is 0 Å². The Hall–Kier alpha value is -2.33. The van der Waals surface area contributed by atoms with Crippen LogP contribution in [0.15, 0.2) is 59.7 Å². The minimum atomic E-state index is -0.654. The van der Waals surface area contributed by atoms with E-state index in [2.05, 4.69) is 10.5 Å². The summed E-state index contributed by atoms with van der Waals surface area (Å²) in [5, 5.41) is 4.51. The van der Waals surface area contributed by atoms with Crippen molar-refractivity contribution in [2.75, 3.05) is 0 Å². The van der Waals surface area contributed by atoms with Crippen molar-refractivity contribution in [1.29, 1.82) is 0 Å². The highest BCUT2D eigenvalue weighted by atomic mass is 35.5. The molecule has 0 aliphatic rings. The fourth-order valence-electron chi connectivity index (χ4n) is 1.57. The number of carbonyl (C=O) groups excluding carboxylic acids is 1. The number of hydrazone groups is 1. The molecule has 4 nitrogen and oxygen atoms in total. The van der Waals surface area contributed by atoms with Crippen molar-refractivity contribution in [2.24, 2.45) is 5.10 Å². The Kier molecular flexibility index (Phi) is 5.35. The summed E-state index contributed by atoms with van der Waals surface area (Å²) in [6.07, 6.45) is 0.923. The number of nitrogens with zero attached hydrogens (tertiary/aromatic N) is 1. The Bertz CT molecular complexity index is 612. The standard InChI is InChI=1S/C16H15ClN2O2/c1-12(21-15-9-7-14(17)8-10-15)16(20)19-18-11-13-5-3-2-4-6-13/h2-12H,1H3,(H,19,20)/b18-11-/t12-/m0/s1. The molecule has 21 heavy (non-hydrogen) atoms. The van der Waals surface area contributed by atoms with Crippen molar-refractivity contribution in [3.63, 3.8) is 0 Å². The third kappa shape index (κ3) is 4.93. The lowest BCUT2D eigenvalue weighted by atomic mass is 10.2. The second kappa shape index (κ2) is 7.45. The normalized spacial score (nSPS) is 12.1. The Morgan fingerprint density at radius 2 is 1.86 bits per heavy atom. The average molecular weight is 303 g/mol. The lowest BCUT2D eigenvalue weighted by Gasteiger charge is -2.12. The van der Waals surface area contributed by atoms with E-state index in [-0.39, 0.29) is 5.91 Å². The van der Waals surface area contributed by atoms with Gasteiger partial charge in [0.05, 0.1) is 6.21 Å². The van der Waals surface area contributed by atoms with Crippen LogP contribution in [0.25, 0.3) is 0 Å². The molecule has 0 heterocycles. The fraction of sp³-hybridized carbons (Fsp3) is 0.125. The van der Waals surface area contributed by atoms with Crippen molar-refractivity contribution in [3.05, 3.63) is 65.2 Å². The van der Waals surface area contributed by atoms with E-state index in [1.165, 1.54) is 0 Å². The summed E-state index contributed by atoms with van der Waals surface area (Å²) in [6, 6.07) is 16.3. The van der Waals surface area contributed by atoms with Crippen molar-refractivity contribution < 1.29 is 9.53 Å². The largest absolute Gasteiger partial charge is 0.481 e. The molecule has 0 aromatic heterocycles. The first-order valence-corrected chi connectivity index (χ1v) is 6.83. The molecular weight excluding hydrogens is 288 g/mol. The van der Waals surface area contributed by atoms with E-state index < -0.39 is 6.10 Å². The summed E-state index contributed by atoms with van der Waals surface area (Å²) in [4.78, 5) is 11.8.